The minimum atomic E-state index is -0.270. The van der Waals surface area contributed by atoms with Crippen LogP contribution in [0.1, 0.15) is 44.0 Å². The highest BCUT2D eigenvalue weighted by molar-refractivity contribution is 5.89. The van der Waals surface area contributed by atoms with E-state index in [0.29, 0.717) is 11.5 Å². The highest BCUT2D eigenvalue weighted by atomic mass is 16.5. The van der Waals surface area contributed by atoms with Gasteiger partial charge in [-0.3, -0.25) is 0 Å². The summed E-state index contributed by atoms with van der Waals surface area (Å²) >= 11 is 0. The van der Waals surface area contributed by atoms with Crippen LogP contribution in [0.3, 0.4) is 0 Å². The summed E-state index contributed by atoms with van der Waals surface area (Å²) in [5.74, 6) is 1.10. The van der Waals surface area contributed by atoms with Crippen LogP contribution in [-0.2, 0) is 4.74 Å². The van der Waals surface area contributed by atoms with Gasteiger partial charge < -0.3 is 9.47 Å². The fourth-order valence-electron chi connectivity index (χ4n) is 1.60. The molecule has 0 fully saturated rings. The summed E-state index contributed by atoms with van der Waals surface area (Å²) in [7, 11) is 1.60. The van der Waals surface area contributed by atoms with Gasteiger partial charge in [0.15, 0.2) is 0 Å². The minimum absolute atomic E-state index is 0.0398. The van der Waals surface area contributed by atoms with E-state index >= 15 is 0 Å². The third-order valence-electron chi connectivity index (χ3n) is 2.78. The molecule has 0 aliphatic carbocycles. The zero-order valence-electron chi connectivity index (χ0n) is 11.6. The van der Waals surface area contributed by atoms with Crippen LogP contribution in [0.2, 0.25) is 0 Å². The van der Waals surface area contributed by atoms with Crippen molar-refractivity contribution in [3.05, 3.63) is 29.8 Å². The van der Waals surface area contributed by atoms with Crippen LogP contribution in [0, 0.1) is 5.92 Å². The Hall–Kier alpha value is -1.51. The van der Waals surface area contributed by atoms with Gasteiger partial charge in [0.1, 0.15) is 5.75 Å². The first-order valence-corrected chi connectivity index (χ1v) is 6.38. The maximum atomic E-state index is 11.8. The van der Waals surface area contributed by atoms with Crippen molar-refractivity contribution in [1.82, 2.24) is 0 Å². The SMILES string of the molecule is COc1ccc(C(=O)OC(C)CCC(C)C)cc1. The van der Waals surface area contributed by atoms with E-state index < -0.39 is 0 Å². The Kier molecular flexibility index (Phi) is 5.69. The second-order valence-electron chi connectivity index (χ2n) is 4.92. The van der Waals surface area contributed by atoms with Crippen molar-refractivity contribution in [2.45, 2.75) is 39.7 Å². The predicted octanol–water partition coefficient (Wildman–Crippen LogP) is 3.68. The van der Waals surface area contributed by atoms with Gasteiger partial charge >= 0.3 is 5.97 Å². The van der Waals surface area contributed by atoms with Gasteiger partial charge in [-0.1, -0.05) is 13.8 Å². The molecule has 3 heteroatoms. The summed E-state index contributed by atoms with van der Waals surface area (Å²) in [6.45, 7) is 6.26. The van der Waals surface area contributed by atoms with E-state index in [1.807, 2.05) is 6.92 Å². The number of benzene rings is 1. The smallest absolute Gasteiger partial charge is 0.338 e. The van der Waals surface area contributed by atoms with Gasteiger partial charge in [-0.2, -0.15) is 0 Å². The van der Waals surface area contributed by atoms with Crippen LogP contribution in [-0.4, -0.2) is 19.2 Å². The molecule has 0 N–H and O–H groups in total. The fourth-order valence-corrected chi connectivity index (χ4v) is 1.60. The molecule has 0 saturated heterocycles. The summed E-state index contributed by atoms with van der Waals surface area (Å²) < 4.78 is 10.4. The molecule has 1 aromatic carbocycles. The number of hydrogen-bond acceptors (Lipinski definition) is 3. The van der Waals surface area contributed by atoms with E-state index in [2.05, 4.69) is 13.8 Å². The fraction of sp³-hybridized carbons (Fsp3) is 0.533. The standard InChI is InChI=1S/C15H22O3/c1-11(2)5-6-12(3)18-15(16)13-7-9-14(17-4)10-8-13/h7-12H,5-6H2,1-4H3. The van der Waals surface area contributed by atoms with Crippen molar-refractivity contribution in [2.75, 3.05) is 7.11 Å². The maximum Gasteiger partial charge on any atom is 0.338 e. The Morgan fingerprint density at radius 3 is 2.22 bits per heavy atom. The first-order chi connectivity index (χ1) is 8.52. The predicted molar refractivity (Wildman–Crippen MR) is 71.9 cm³/mol. The zero-order valence-corrected chi connectivity index (χ0v) is 11.6. The van der Waals surface area contributed by atoms with Crippen LogP contribution in [0.4, 0.5) is 0 Å². The number of methoxy groups -OCH3 is 1. The summed E-state index contributed by atoms with van der Waals surface area (Å²) in [5.41, 5.74) is 0.562. The van der Waals surface area contributed by atoms with E-state index in [-0.39, 0.29) is 12.1 Å². The van der Waals surface area contributed by atoms with Crippen LogP contribution in [0.25, 0.3) is 0 Å². The molecule has 3 nitrogen and oxygen atoms in total. The molecular formula is C15H22O3. The van der Waals surface area contributed by atoms with E-state index in [1.54, 1.807) is 31.4 Å². The Bertz CT molecular complexity index is 368. The molecule has 0 radical (unpaired) electrons. The van der Waals surface area contributed by atoms with E-state index in [9.17, 15) is 4.79 Å². The molecule has 0 amide bonds. The number of hydrogen-bond donors (Lipinski definition) is 0. The lowest BCUT2D eigenvalue weighted by Crippen LogP contribution is -2.15. The second-order valence-corrected chi connectivity index (χ2v) is 4.92. The largest absolute Gasteiger partial charge is 0.497 e. The molecule has 0 saturated carbocycles. The van der Waals surface area contributed by atoms with E-state index in [0.717, 1.165) is 18.6 Å². The van der Waals surface area contributed by atoms with Crippen molar-refractivity contribution in [3.8, 4) is 5.75 Å². The number of carbonyl (C=O) groups excluding carboxylic acids is 1. The monoisotopic (exact) mass is 250 g/mol. The van der Waals surface area contributed by atoms with Gasteiger partial charge in [-0.15, -0.1) is 0 Å². The molecule has 18 heavy (non-hydrogen) atoms. The minimum Gasteiger partial charge on any atom is -0.497 e. The summed E-state index contributed by atoms with van der Waals surface area (Å²) in [4.78, 5) is 11.8. The summed E-state index contributed by atoms with van der Waals surface area (Å²) in [6.07, 6.45) is 1.93. The molecule has 0 aromatic heterocycles. The maximum absolute atomic E-state index is 11.8. The average molecular weight is 250 g/mol. The number of rotatable bonds is 6. The Labute approximate surface area is 109 Å². The van der Waals surface area contributed by atoms with Crippen molar-refractivity contribution in [2.24, 2.45) is 5.92 Å². The first-order valence-electron chi connectivity index (χ1n) is 6.38. The molecule has 1 atom stereocenters. The highest BCUT2D eigenvalue weighted by Crippen LogP contribution is 2.14. The average Bonchev–Trinajstić information content (AvgIpc) is 2.36. The number of carbonyl (C=O) groups is 1. The van der Waals surface area contributed by atoms with Gasteiger partial charge in [0.2, 0.25) is 0 Å². The molecular weight excluding hydrogens is 228 g/mol. The van der Waals surface area contributed by atoms with Crippen LogP contribution < -0.4 is 4.74 Å². The third kappa shape index (κ3) is 4.78. The second kappa shape index (κ2) is 7.04. The molecule has 0 bridgehead atoms. The van der Waals surface area contributed by atoms with Crippen molar-refractivity contribution >= 4 is 5.97 Å². The van der Waals surface area contributed by atoms with Crippen molar-refractivity contribution < 1.29 is 14.3 Å². The molecule has 1 unspecified atom stereocenters. The zero-order chi connectivity index (χ0) is 13.5. The Morgan fingerprint density at radius 1 is 1.11 bits per heavy atom. The molecule has 0 heterocycles. The van der Waals surface area contributed by atoms with Gasteiger partial charge in [-0.25, -0.2) is 4.79 Å². The Morgan fingerprint density at radius 2 is 1.72 bits per heavy atom. The Balaban J connectivity index is 2.48. The van der Waals surface area contributed by atoms with Gasteiger partial charge in [0.05, 0.1) is 18.8 Å². The van der Waals surface area contributed by atoms with Crippen LogP contribution in [0.5, 0.6) is 5.75 Å². The van der Waals surface area contributed by atoms with Crippen LogP contribution >= 0.6 is 0 Å². The lowest BCUT2D eigenvalue weighted by atomic mass is 10.1. The van der Waals surface area contributed by atoms with Crippen molar-refractivity contribution in [3.63, 3.8) is 0 Å². The molecule has 0 aliphatic rings. The van der Waals surface area contributed by atoms with E-state index in [1.165, 1.54) is 0 Å². The highest BCUT2D eigenvalue weighted by Gasteiger charge is 2.12. The normalized spacial score (nSPS) is 12.3. The lowest BCUT2D eigenvalue weighted by Gasteiger charge is -2.14. The first kappa shape index (κ1) is 14.6. The molecule has 1 rings (SSSR count). The molecule has 0 aliphatic heterocycles. The molecule has 100 valence electrons. The number of ether oxygens (including phenoxy) is 2. The van der Waals surface area contributed by atoms with Crippen molar-refractivity contribution in [1.29, 1.82) is 0 Å². The quantitative estimate of drug-likeness (QED) is 0.722. The summed E-state index contributed by atoms with van der Waals surface area (Å²) in [6, 6.07) is 6.96. The molecule has 0 spiro atoms. The number of esters is 1. The van der Waals surface area contributed by atoms with Gasteiger partial charge in [-0.05, 0) is 49.9 Å². The molecule has 1 aromatic rings. The van der Waals surface area contributed by atoms with Crippen LogP contribution in [0.15, 0.2) is 24.3 Å². The van der Waals surface area contributed by atoms with Gasteiger partial charge in [0.25, 0.3) is 0 Å². The van der Waals surface area contributed by atoms with E-state index in [4.69, 9.17) is 9.47 Å². The summed E-state index contributed by atoms with van der Waals surface area (Å²) in [5, 5.41) is 0. The third-order valence-corrected chi connectivity index (χ3v) is 2.78. The lowest BCUT2D eigenvalue weighted by molar-refractivity contribution is 0.0313. The van der Waals surface area contributed by atoms with Gasteiger partial charge in [0, 0.05) is 0 Å². The topological polar surface area (TPSA) is 35.5 Å².